The minimum absolute atomic E-state index is 0.115. The largest absolute Gasteiger partial charge is 0.497 e. The molecule has 0 radical (unpaired) electrons. The summed E-state index contributed by atoms with van der Waals surface area (Å²) in [4.78, 5) is 12.5. The number of carbonyl (C=O) groups excluding carboxylic acids is 1. The first-order valence-corrected chi connectivity index (χ1v) is 12.3. The van der Waals surface area contributed by atoms with Gasteiger partial charge in [-0.1, -0.05) is 31.7 Å². The van der Waals surface area contributed by atoms with Crippen molar-refractivity contribution in [1.29, 1.82) is 0 Å². The maximum Gasteiger partial charge on any atom is 0.234 e. The Labute approximate surface area is 205 Å². The van der Waals surface area contributed by atoms with E-state index in [1.54, 1.807) is 7.11 Å². The predicted molar refractivity (Wildman–Crippen MR) is 134 cm³/mol. The number of nitrogens with one attached hydrogen (secondary N) is 1. The van der Waals surface area contributed by atoms with E-state index in [1.165, 1.54) is 11.8 Å². The Morgan fingerprint density at radius 2 is 1.79 bits per heavy atom. The van der Waals surface area contributed by atoms with Gasteiger partial charge in [0.15, 0.2) is 17.1 Å². The second-order valence-corrected chi connectivity index (χ2v) is 9.02. The summed E-state index contributed by atoms with van der Waals surface area (Å²) in [6.07, 6.45) is -0.328. The summed E-state index contributed by atoms with van der Waals surface area (Å²) in [6, 6.07) is 14.8. The number of nitrogens with zero attached hydrogens (tertiary/aromatic N) is 3. The average molecular weight is 485 g/mol. The van der Waals surface area contributed by atoms with Crippen molar-refractivity contribution in [2.45, 2.75) is 45.5 Å². The van der Waals surface area contributed by atoms with Crippen molar-refractivity contribution in [1.82, 2.24) is 14.8 Å². The van der Waals surface area contributed by atoms with E-state index in [0.717, 1.165) is 23.7 Å². The van der Waals surface area contributed by atoms with Crippen LogP contribution < -0.4 is 19.5 Å². The molecule has 1 aromatic heterocycles. The lowest BCUT2D eigenvalue weighted by Crippen LogP contribution is -2.17. The molecule has 0 aliphatic rings. The van der Waals surface area contributed by atoms with Crippen LogP contribution in [0.5, 0.6) is 17.2 Å². The molecule has 1 N–H and O–H groups in total. The number of hydrogen-bond acceptors (Lipinski definition) is 7. The predicted octanol–water partition coefficient (Wildman–Crippen LogP) is 5.21. The van der Waals surface area contributed by atoms with E-state index in [1.807, 2.05) is 66.9 Å². The van der Waals surface area contributed by atoms with Crippen LogP contribution in [0.15, 0.2) is 53.7 Å². The molecule has 9 heteroatoms. The van der Waals surface area contributed by atoms with Crippen LogP contribution in [-0.2, 0) is 11.3 Å². The second kappa shape index (κ2) is 12.3. The zero-order valence-electron chi connectivity index (χ0n) is 20.3. The Morgan fingerprint density at radius 3 is 2.47 bits per heavy atom. The SMILES string of the molecule is CCOc1ccc(NC(=O)CSc2nnc(C(C)Oc3cccc(OC)c3)n2CC(C)C)cc1. The van der Waals surface area contributed by atoms with Crippen LogP contribution in [0.25, 0.3) is 0 Å². The van der Waals surface area contributed by atoms with Crippen LogP contribution in [0.2, 0.25) is 0 Å². The smallest absolute Gasteiger partial charge is 0.234 e. The Kier molecular flexibility index (Phi) is 9.21. The number of benzene rings is 2. The number of rotatable bonds is 12. The molecule has 0 saturated heterocycles. The highest BCUT2D eigenvalue weighted by molar-refractivity contribution is 7.99. The molecule has 1 amide bonds. The van der Waals surface area contributed by atoms with Gasteiger partial charge in [0.05, 0.1) is 19.5 Å². The quantitative estimate of drug-likeness (QED) is 0.353. The van der Waals surface area contributed by atoms with Gasteiger partial charge in [-0.05, 0) is 56.2 Å². The Hall–Kier alpha value is -3.20. The van der Waals surface area contributed by atoms with Crippen LogP contribution >= 0.6 is 11.8 Å². The highest BCUT2D eigenvalue weighted by Crippen LogP contribution is 2.27. The molecule has 8 nitrogen and oxygen atoms in total. The number of methoxy groups -OCH3 is 1. The van der Waals surface area contributed by atoms with Gasteiger partial charge in [-0.3, -0.25) is 4.79 Å². The van der Waals surface area contributed by atoms with Crippen molar-refractivity contribution in [2.75, 3.05) is 24.8 Å². The summed E-state index contributed by atoms with van der Waals surface area (Å²) in [5.41, 5.74) is 0.721. The van der Waals surface area contributed by atoms with Crippen LogP contribution in [0.4, 0.5) is 5.69 Å². The van der Waals surface area contributed by atoms with E-state index in [0.29, 0.717) is 29.3 Å². The number of carbonyl (C=O) groups is 1. The topological polar surface area (TPSA) is 87.5 Å². The molecule has 0 spiro atoms. The van der Waals surface area contributed by atoms with Crippen LogP contribution in [0, 0.1) is 5.92 Å². The molecule has 182 valence electrons. The summed E-state index contributed by atoms with van der Waals surface area (Å²) in [5.74, 6) is 3.37. The van der Waals surface area contributed by atoms with Crippen molar-refractivity contribution in [3.8, 4) is 17.2 Å². The van der Waals surface area contributed by atoms with Gasteiger partial charge >= 0.3 is 0 Å². The first kappa shape index (κ1) is 25.4. The molecule has 0 saturated carbocycles. The van der Waals surface area contributed by atoms with E-state index in [9.17, 15) is 4.79 Å². The number of amides is 1. The lowest BCUT2D eigenvalue weighted by molar-refractivity contribution is -0.113. The lowest BCUT2D eigenvalue weighted by atomic mass is 10.2. The van der Waals surface area contributed by atoms with Gasteiger partial charge in [-0.15, -0.1) is 10.2 Å². The maximum absolute atomic E-state index is 12.5. The van der Waals surface area contributed by atoms with Gasteiger partial charge in [0, 0.05) is 18.3 Å². The highest BCUT2D eigenvalue weighted by atomic mass is 32.2. The fourth-order valence-electron chi connectivity index (χ4n) is 3.30. The van der Waals surface area contributed by atoms with Crippen molar-refractivity contribution in [3.63, 3.8) is 0 Å². The molecular weight excluding hydrogens is 452 g/mol. The Morgan fingerprint density at radius 1 is 1.06 bits per heavy atom. The van der Waals surface area contributed by atoms with Crippen LogP contribution in [0.3, 0.4) is 0 Å². The molecule has 0 aliphatic carbocycles. The number of ether oxygens (including phenoxy) is 3. The first-order chi connectivity index (χ1) is 16.4. The van der Waals surface area contributed by atoms with E-state index >= 15 is 0 Å². The molecule has 34 heavy (non-hydrogen) atoms. The Balaban J connectivity index is 1.66. The first-order valence-electron chi connectivity index (χ1n) is 11.3. The van der Waals surface area contributed by atoms with Crippen molar-refractivity contribution in [2.24, 2.45) is 5.92 Å². The van der Waals surface area contributed by atoms with E-state index in [2.05, 4.69) is 29.4 Å². The fourth-order valence-corrected chi connectivity index (χ4v) is 4.06. The second-order valence-electron chi connectivity index (χ2n) is 8.08. The molecule has 1 heterocycles. The van der Waals surface area contributed by atoms with Crippen molar-refractivity contribution in [3.05, 3.63) is 54.4 Å². The summed E-state index contributed by atoms with van der Waals surface area (Å²) in [7, 11) is 1.62. The number of thioether (sulfide) groups is 1. The third kappa shape index (κ3) is 7.15. The molecule has 0 fully saturated rings. The molecule has 0 bridgehead atoms. The fraction of sp³-hybridized carbons (Fsp3) is 0.400. The highest BCUT2D eigenvalue weighted by Gasteiger charge is 2.21. The van der Waals surface area contributed by atoms with Gasteiger partial charge < -0.3 is 24.1 Å². The van der Waals surface area contributed by atoms with E-state index in [4.69, 9.17) is 14.2 Å². The van der Waals surface area contributed by atoms with E-state index < -0.39 is 0 Å². The molecule has 1 atom stereocenters. The normalized spacial score (nSPS) is 11.8. The number of hydrogen-bond donors (Lipinski definition) is 1. The van der Waals surface area contributed by atoms with Gasteiger partial charge in [0.2, 0.25) is 5.91 Å². The van der Waals surface area contributed by atoms with Gasteiger partial charge in [0.1, 0.15) is 17.2 Å². The average Bonchev–Trinajstić information content (AvgIpc) is 3.21. The van der Waals surface area contributed by atoms with Crippen molar-refractivity contribution >= 4 is 23.4 Å². The van der Waals surface area contributed by atoms with Crippen LogP contribution in [-0.4, -0.2) is 40.1 Å². The molecular formula is C25H32N4O4S. The molecule has 0 aliphatic heterocycles. The third-order valence-corrected chi connectivity index (χ3v) is 5.76. The maximum atomic E-state index is 12.5. The lowest BCUT2D eigenvalue weighted by Gasteiger charge is -2.18. The number of anilines is 1. The zero-order chi connectivity index (χ0) is 24.5. The van der Waals surface area contributed by atoms with Gasteiger partial charge in [0.25, 0.3) is 0 Å². The molecule has 1 unspecified atom stereocenters. The van der Waals surface area contributed by atoms with Gasteiger partial charge in [-0.2, -0.15) is 0 Å². The zero-order valence-corrected chi connectivity index (χ0v) is 21.1. The van der Waals surface area contributed by atoms with Gasteiger partial charge in [-0.25, -0.2) is 0 Å². The molecule has 3 aromatic rings. The number of aromatic nitrogens is 3. The minimum Gasteiger partial charge on any atom is -0.497 e. The van der Waals surface area contributed by atoms with E-state index in [-0.39, 0.29) is 17.8 Å². The summed E-state index contributed by atoms with van der Waals surface area (Å²) in [6.45, 7) is 9.45. The minimum atomic E-state index is -0.328. The van der Waals surface area contributed by atoms with Crippen molar-refractivity contribution < 1.29 is 19.0 Å². The monoisotopic (exact) mass is 484 g/mol. The third-order valence-electron chi connectivity index (χ3n) is 4.79. The molecule has 2 aromatic carbocycles. The summed E-state index contributed by atoms with van der Waals surface area (Å²) < 4.78 is 18.9. The Bertz CT molecular complexity index is 1070. The summed E-state index contributed by atoms with van der Waals surface area (Å²) in [5, 5.41) is 12.3. The summed E-state index contributed by atoms with van der Waals surface area (Å²) >= 11 is 1.36. The van der Waals surface area contributed by atoms with Crippen LogP contribution in [0.1, 0.15) is 39.6 Å². The standard InChI is InChI=1S/C25H32N4O4S/c1-6-32-20-12-10-19(11-13-20)26-23(30)16-34-25-28-27-24(29(25)15-17(2)3)18(4)33-22-9-7-8-21(14-22)31-5/h7-14,17-18H,6,15-16H2,1-5H3,(H,26,30). The molecule has 3 rings (SSSR count).